The molecule has 1 amide bonds. The minimum absolute atomic E-state index is 0.0153. The van der Waals surface area contributed by atoms with E-state index in [9.17, 15) is 18.4 Å². The van der Waals surface area contributed by atoms with E-state index in [2.05, 4.69) is 15.0 Å². The molecule has 0 aliphatic carbocycles. The number of ether oxygens (including phenoxy) is 1. The maximum Gasteiger partial charge on any atom is 0.387 e. The van der Waals surface area contributed by atoms with Crippen molar-refractivity contribution in [3.05, 3.63) is 35.3 Å². The van der Waals surface area contributed by atoms with Crippen molar-refractivity contribution in [1.82, 2.24) is 9.88 Å². The normalized spacial score (nSPS) is 16.4. The lowest BCUT2D eigenvalue weighted by Gasteiger charge is -2.25. The Morgan fingerprint density at radius 2 is 2.24 bits per heavy atom. The van der Waals surface area contributed by atoms with Crippen LogP contribution in [-0.2, 0) is 4.79 Å². The maximum atomic E-state index is 12.5. The van der Waals surface area contributed by atoms with E-state index in [1.54, 1.807) is 23.1 Å². The molecule has 2 N–H and O–H groups in total. The number of thioether (sulfide) groups is 1. The third-order valence-corrected chi connectivity index (χ3v) is 6.34. The molecule has 1 aromatic heterocycles. The number of hydrogen-bond acceptors (Lipinski definition) is 7. The highest BCUT2D eigenvalue weighted by Crippen LogP contribution is 2.28. The number of carboxylic acid groups (broad SMARTS) is 1. The lowest BCUT2D eigenvalue weighted by atomic mass is 10.2. The molecular formula is C18H19F2N3O4S2. The molecule has 1 aromatic carbocycles. The first-order valence-electron chi connectivity index (χ1n) is 8.83. The quantitative estimate of drug-likeness (QED) is 0.542. The fourth-order valence-electron chi connectivity index (χ4n) is 3.00. The van der Waals surface area contributed by atoms with Crippen LogP contribution in [0.2, 0.25) is 0 Å². The van der Waals surface area contributed by atoms with Crippen molar-refractivity contribution in [2.45, 2.75) is 29.8 Å². The highest BCUT2D eigenvalue weighted by molar-refractivity contribution is 8.01. The van der Waals surface area contributed by atoms with E-state index in [-0.39, 0.29) is 23.4 Å². The van der Waals surface area contributed by atoms with Gasteiger partial charge in [-0.25, -0.2) is 9.78 Å². The van der Waals surface area contributed by atoms with Crippen molar-refractivity contribution in [2.75, 3.05) is 24.2 Å². The number of para-hydroxylation sites is 2. The number of halogens is 2. The first-order chi connectivity index (χ1) is 13.9. The van der Waals surface area contributed by atoms with Crippen molar-refractivity contribution < 1.29 is 28.2 Å². The van der Waals surface area contributed by atoms with E-state index in [0.717, 1.165) is 0 Å². The molecule has 1 aliphatic rings. The monoisotopic (exact) mass is 443 g/mol. The van der Waals surface area contributed by atoms with Crippen molar-refractivity contribution in [3.63, 3.8) is 0 Å². The Morgan fingerprint density at radius 3 is 2.97 bits per heavy atom. The average molecular weight is 443 g/mol. The molecule has 2 heterocycles. The van der Waals surface area contributed by atoms with Gasteiger partial charge in [-0.3, -0.25) is 4.79 Å². The number of rotatable bonds is 10. The number of amides is 1. The summed E-state index contributed by atoms with van der Waals surface area (Å²) in [6, 6.07) is 6.38. The van der Waals surface area contributed by atoms with Gasteiger partial charge in [0.05, 0.1) is 5.69 Å². The summed E-state index contributed by atoms with van der Waals surface area (Å²) in [4.78, 5) is 28.9. The Bertz CT molecular complexity index is 865. The number of hydrogen-bond donors (Lipinski definition) is 2. The summed E-state index contributed by atoms with van der Waals surface area (Å²) in [6.07, 6.45) is 1.11. The van der Waals surface area contributed by atoms with E-state index in [1.165, 1.54) is 34.5 Å². The van der Waals surface area contributed by atoms with Gasteiger partial charge in [0.1, 0.15) is 5.75 Å². The van der Waals surface area contributed by atoms with E-state index in [4.69, 9.17) is 5.11 Å². The number of benzene rings is 1. The molecular weight excluding hydrogens is 424 g/mol. The third-order valence-electron chi connectivity index (χ3n) is 4.34. The van der Waals surface area contributed by atoms with Gasteiger partial charge in [0, 0.05) is 36.7 Å². The summed E-state index contributed by atoms with van der Waals surface area (Å²) in [5.74, 6) is -0.378. The second-order valence-electron chi connectivity index (χ2n) is 6.19. The zero-order valence-corrected chi connectivity index (χ0v) is 16.8. The van der Waals surface area contributed by atoms with Crippen LogP contribution in [0.1, 0.15) is 23.3 Å². The predicted molar refractivity (Wildman–Crippen MR) is 106 cm³/mol. The predicted octanol–water partition coefficient (Wildman–Crippen LogP) is 3.64. The molecule has 156 valence electrons. The summed E-state index contributed by atoms with van der Waals surface area (Å²) < 4.78 is 30.2. The molecule has 0 spiro atoms. The van der Waals surface area contributed by atoms with Gasteiger partial charge in [0.15, 0.2) is 10.0 Å². The fourth-order valence-corrected chi connectivity index (χ4v) is 4.81. The number of alkyl halides is 2. The topological polar surface area (TPSA) is 91.8 Å². The van der Waals surface area contributed by atoms with Crippen LogP contribution in [0, 0.1) is 0 Å². The van der Waals surface area contributed by atoms with E-state index in [1.807, 2.05) is 0 Å². The van der Waals surface area contributed by atoms with Crippen LogP contribution in [0.15, 0.2) is 34.0 Å². The van der Waals surface area contributed by atoms with Crippen LogP contribution in [0.5, 0.6) is 5.75 Å². The summed E-state index contributed by atoms with van der Waals surface area (Å²) in [5, 5.41) is 13.5. The van der Waals surface area contributed by atoms with Gasteiger partial charge < -0.3 is 20.1 Å². The highest BCUT2D eigenvalue weighted by atomic mass is 32.2. The number of thiazole rings is 1. The van der Waals surface area contributed by atoms with Gasteiger partial charge in [-0.15, -0.1) is 11.3 Å². The molecule has 2 aromatic rings. The first-order valence-corrected chi connectivity index (χ1v) is 10.7. The summed E-state index contributed by atoms with van der Waals surface area (Å²) in [5.41, 5.74) is 0.465. The second-order valence-corrected chi connectivity index (χ2v) is 8.39. The largest absolute Gasteiger partial charge is 0.476 e. The number of carbonyl (C=O) groups excluding carboxylic acids is 1. The minimum atomic E-state index is -2.91. The van der Waals surface area contributed by atoms with E-state index < -0.39 is 12.6 Å². The number of anilines is 1. The van der Waals surface area contributed by atoms with Crippen molar-refractivity contribution >= 4 is 40.7 Å². The number of aromatic carboxylic acids is 1. The smallest absolute Gasteiger partial charge is 0.387 e. The van der Waals surface area contributed by atoms with Crippen LogP contribution in [0.3, 0.4) is 0 Å². The lowest BCUT2D eigenvalue weighted by molar-refractivity contribution is -0.128. The molecule has 1 saturated heterocycles. The summed E-state index contributed by atoms with van der Waals surface area (Å²) in [6.45, 7) is -2.00. The van der Waals surface area contributed by atoms with Gasteiger partial charge in [-0.2, -0.15) is 8.78 Å². The number of nitrogens with zero attached hydrogens (tertiary/aromatic N) is 2. The molecule has 3 rings (SSSR count). The molecule has 1 atom stereocenters. The van der Waals surface area contributed by atoms with Crippen LogP contribution >= 0.6 is 23.1 Å². The Morgan fingerprint density at radius 1 is 1.45 bits per heavy atom. The molecule has 0 bridgehead atoms. The zero-order chi connectivity index (χ0) is 20.8. The van der Waals surface area contributed by atoms with Crippen molar-refractivity contribution in [1.29, 1.82) is 0 Å². The molecule has 29 heavy (non-hydrogen) atoms. The Balaban J connectivity index is 1.53. The maximum absolute atomic E-state index is 12.5. The number of likely N-dealkylation sites (tertiary alicyclic amines) is 1. The average Bonchev–Trinajstić information content (AvgIpc) is 3.28. The fraction of sp³-hybridized carbons (Fsp3) is 0.389. The number of carbonyl (C=O) groups is 2. The van der Waals surface area contributed by atoms with Crippen molar-refractivity contribution in [2.24, 2.45) is 0 Å². The molecule has 0 saturated carbocycles. The molecule has 7 nitrogen and oxygen atoms in total. The molecule has 11 heteroatoms. The van der Waals surface area contributed by atoms with E-state index in [0.29, 0.717) is 41.7 Å². The second kappa shape index (κ2) is 9.88. The first kappa shape index (κ1) is 21.3. The van der Waals surface area contributed by atoms with Gasteiger partial charge in [-0.05, 0) is 18.6 Å². The lowest BCUT2D eigenvalue weighted by Crippen LogP contribution is -2.39. The Hall–Kier alpha value is -2.40. The van der Waals surface area contributed by atoms with Gasteiger partial charge >= 0.3 is 12.6 Å². The number of carboxylic acids is 1. The Kier molecular flexibility index (Phi) is 7.26. The highest BCUT2D eigenvalue weighted by Gasteiger charge is 2.30. The standard InChI is InChI=1S/C18H19F2N3O4S2/c19-17(20)27-14-4-2-1-3-12(14)21-9-11-5-6-15(24)23(11)7-8-28-18-22-13(10-29-18)16(25)26/h1-4,10-11,17,21H,5-9H2,(H,25,26). The number of aromatic nitrogens is 1. The van der Waals surface area contributed by atoms with E-state index >= 15 is 0 Å². The van der Waals surface area contributed by atoms with Gasteiger partial charge in [0.2, 0.25) is 5.91 Å². The molecule has 1 aliphatic heterocycles. The third kappa shape index (κ3) is 5.80. The molecule has 1 unspecified atom stereocenters. The van der Waals surface area contributed by atoms with Crippen LogP contribution in [-0.4, -0.2) is 58.4 Å². The van der Waals surface area contributed by atoms with Gasteiger partial charge in [0.25, 0.3) is 0 Å². The summed E-state index contributed by atoms with van der Waals surface area (Å²) >= 11 is 2.66. The zero-order valence-electron chi connectivity index (χ0n) is 15.2. The minimum Gasteiger partial charge on any atom is -0.476 e. The van der Waals surface area contributed by atoms with Crippen LogP contribution in [0.25, 0.3) is 0 Å². The van der Waals surface area contributed by atoms with Crippen molar-refractivity contribution in [3.8, 4) is 5.75 Å². The summed E-state index contributed by atoms with van der Waals surface area (Å²) in [7, 11) is 0. The molecule has 0 radical (unpaired) electrons. The number of nitrogens with one attached hydrogen (secondary N) is 1. The Labute approximate surface area is 174 Å². The van der Waals surface area contributed by atoms with Crippen LogP contribution in [0.4, 0.5) is 14.5 Å². The van der Waals surface area contributed by atoms with Crippen LogP contribution < -0.4 is 10.1 Å². The van der Waals surface area contributed by atoms with Gasteiger partial charge in [-0.1, -0.05) is 23.9 Å². The molecule has 1 fully saturated rings. The SMILES string of the molecule is O=C(O)c1csc(SCCN2C(=O)CCC2CNc2ccccc2OC(F)F)n1.